The van der Waals surface area contributed by atoms with Crippen LogP contribution in [0.5, 0.6) is 0 Å². The summed E-state index contributed by atoms with van der Waals surface area (Å²) in [4.78, 5) is 115. The van der Waals surface area contributed by atoms with Crippen molar-refractivity contribution in [3.05, 3.63) is 106 Å². The zero-order valence-corrected chi connectivity index (χ0v) is 49.9. The molecule has 0 fully saturated rings. The number of rotatable bonds is 13. The topological polar surface area (TPSA) is 331 Å². The highest BCUT2D eigenvalue weighted by atomic mass is 32.2. The summed E-state index contributed by atoms with van der Waals surface area (Å²) in [5.74, 6) is -2.86. The first-order chi connectivity index (χ1) is 39.4. The lowest BCUT2D eigenvalue weighted by Gasteiger charge is -2.34. The molecule has 82 heavy (non-hydrogen) atoms. The van der Waals surface area contributed by atoms with E-state index in [9.17, 15) is 39.0 Å². The molecule has 6 aromatic heterocycles. The van der Waals surface area contributed by atoms with E-state index < -0.39 is 65.8 Å². The summed E-state index contributed by atoms with van der Waals surface area (Å²) in [5.41, 5.74) is 8.87. The normalized spacial score (nSPS) is 18.8. The van der Waals surface area contributed by atoms with Crippen molar-refractivity contribution in [2.24, 2.45) is 11.7 Å². The molecule has 2 aliphatic rings. The summed E-state index contributed by atoms with van der Waals surface area (Å²) in [6.45, 7) is 4.96. The van der Waals surface area contributed by atoms with Crippen molar-refractivity contribution in [1.29, 1.82) is 0 Å². The number of nitrogens with one attached hydrogen (secondary N) is 6. The van der Waals surface area contributed by atoms with Gasteiger partial charge in [0.2, 0.25) is 17.7 Å². The Morgan fingerprint density at radius 3 is 2.27 bits per heavy atom. The van der Waals surface area contributed by atoms with Crippen LogP contribution in [-0.2, 0) is 23.9 Å². The number of pyridine rings is 1. The third-order valence-corrected chi connectivity index (χ3v) is 19.2. The van der Waals surface area contributed by atoms with E-state index in [-0.39, 0.29) is 67.3 Å². The van der Waals surface area contributed by atoms with Crippen molar-refractivity contribution in [1.82, 2.24) is 61.4 Å². The SMILES string of the molecule is CNC(=O)C[C@@H]1NC(=O)c2csc(n2)-c2ccc(-c3nc(NC(=O)CC[C@H](N)CO)cs3)nc2-c2csc(n2)-c2csc(n2)[C@H]([C@@H](O)c2ccccc2)NC(=O)CNC(=O)C2=C(COC)SC([C@H](C(C)C)NC(=O)c3nc1sc3C)N2C. The minimum atomic E-state index is -1.26. The number of amides is 6. The molecule has 10 bridgehead atoms. The van der Waals surface area contributed by atoms with Crippen molar-refractivity contribution in [3.63, 3.8) is 0 Å². The molecule has 29 heteroatoms. The Bertz CT molecular complexity index is 3520. The summed E-state index contributed by atoms with van der Waals surface area (Å²) in [5, 5.41) is 46.7. The number of carbonyl (C=O) groups excluding carboxylic acids is 6. The van der Waals surface area contributed by atoms with E-state index in [0.29, 0.717) is 74.5 Å². The van der Waals surface area contributed by atoms with Gasteiger partial charge in [0.25, 0.3) is 17.7 Å². The van der Waals surface area contributed by atoms with Crippen molar-refractivity contribution in [2.75, 3.05) is 46.3 Å². The Morgan fingerprint density at radius 1 is 0.805 bits per heavy atom. The van der Waals surface area contributed by atoms with Crippen LogP contribution in [0.25, 0.3) is 43.4 Å². The molecule has 0 saturated heterocycles. The third-order valence-electron chi connectivity index (χ3n) is 13.1. The van der Waals surface area contributed by atoms with Gasteiger partial charge >= 0.3 is 0 Å². The molecule has 8 heterocycles. The number of carbonyl (C=O) groups is 6. The highest BCUT2D eigenvalue weighted by molar-refractivity contribution is 8.04. The van der Waals surface area contributed by atoms with Crippen LogP contribution in [0.1, 0.15) is 92.7 Å². The lowest BCUT2D eigenvalue weighted by molar-refractivity contribution is -0.126. The number of aryl methyl sites for hydroxylation is 1. The molecule has 0 radical (unpaired) electrons. The highest BCUT2D eigenvalue weighted by Crippen LogP contribution is 2.42. The zero-order valence-electron chi connectivity index (χ0n) is 45.0. The summed E-state index contributed by atoms with van der Waals surface area (Å²) in [6.07, 6.45) is -1.10. The number of fused-ring (bicyclic) bond motifs is 14. The van der Waals surface area contributed by atoms with Crippen LogP contribution >= 0.6 is 68.4 Å². The number of nitrogens with zero attached hydrogens (tertiary/aromatic N) is 7. The molecule has 1 unspecified atom stereocenters. The number of anilines is 1. The lowest BCUT2D eigenvalue weighted by Crippen LogP contribution is -2.51. The van der Waals surface area contributed by atoms with Gasteiger partial charge in [-0.1, -0.05) is 55.9 Å². The average molecular weight is 1230 g/mol. The molecule has 7 aromatic rings. The number of aromatic nitrogens is 6. The number of methoxy groups -OCH3 is 1. The van der Waals surface area contributed by atoms with Gasteiger partial charge in [0.15, 0.2) is 0 Å². The summed E-state index contributed by atoms with van der Waals surface area (Å²) < 4.78 is 5.54. The molecule has 6 atom stereocenters. The van der Waals surface area contributed by atoms with Gasteiger partial charge in [0.05, 0.1) is 49.3 Å². The fourth-order valence-electron chi connectivity index (χ4n) is 8.85. The number of thioether (sulfide) groups is 1. The van der Waals surface area contributed by atoms with Crippen molar-refractivity contribution >= 4 is 110 Å². The molecular formula is C53H58N14O9S6. The highest BCUT2D eigenvalue weighted by Gasteiger charge is 2.41. The molecule has 0 saturated carbocycles. The first kappa shape index (κ1) is 59.7. The Morgan fingerprint density at radius 2 is 1.52 bits per heavy atom. The van der Waals surface area contributed by atoms with E-state index in [2.05, 4.69) is 36.9 Å². The minimum Gasteiger partial charge on any atom is -0.395 e. The number of ether oxygens (including phenoxy) is 1. The number of benzene rings is 1. The third kappa shape index (κ3) is 13.6. The van der Waals surface area contributed by atoms with Gasteiger partial charge in [-0.3, -0.25) is 28.8 Å². The first-order valence-electron chi connectivity index (χ1n) is 25.7. The summed E-state index contributed by atoms with van der Waals surface area (Å²) in [7, 11) is 4.72. The van der Waals surface area contributed by atoms with Crippen LogP contribution in [0, 0.1) is 12.8 Å². The Hall–Kier alpha value is -6.93. The Labute approximate surface area is 495 Å². The van der Waals surface area contributed by atoms with Crippen molar-refractivity contribution in [3.8, 4) is 43.4 Å². The largest absolute Gasteiger partial charge is 0.395 e. The Balaban J connectivity index is 1.11. The quantitative estimate of drug-likeness (QED) is 0.0676. The second-order valence-corrected chi connectivity index (χ2v) is 25.2. The second kappa shape index (κ2) is 26.5. The van der Waals surface area contributed by atoms with Crippen LogP contribution in [-0.4, -0.2) is 139 Å². The molecule has 430 valence electrons. The number of aliphatic hydroxyl groups is 2. The van der Waals surface area contributed by atoms with Gasteiger partial charge in [-0.2, -0.15) is 0 Å². The maximum atomic E-state index is 14.4. The number of nitrogens with two attached hydrogens (primary N) is 1. The van der Waals surface area contributed by atoms with Crippen LogP contribution < -0.4 is 37.6 Å². The molecular weight excluding hydrogens is 1170 g/mol. The number of thiazole rings is 5. The number of aliphatic hydroxyl groups excluding tert-OH is 2. The molecule has 0 aliphatic carbocycles. The van der Waals surface area contributed by atoms with Gasteiger partial charge in [-0.15, -0.1) is 56.7 Å². The standard InChI is InChI=1S/C53H58N14O9S6/c1-24(2)39-53-67(5)43(34(82-53)19-76-6)47(75)56-17-38(71)64-42(44(72)26-10-8-7-9-11-26)52-61-33(22-79-52)50-59-31(20-78-50)41-28(13-14-29(57-41)49-63-35(23-80-49)62-36(69)15-12-27(54)18-68)48-60-32(21-77-48)45(73)58-30(16-37(70)55-4)51-66-40(25(3)81-51)46(74)65-39/h7-11,13-14,20-24,27,30,39,42,44,53,68,72H,12,15-19,54H2,1-6H3,(H,55,70)(H,56,75)(H,58,73)(H,62,69)(H,64,71)(H,65,74)/t27-,30-,39-,42-,44-,53?/m0/s1. The fourth-order valence-corrected chi connectivity index (χ4v) is 14.7. The zero-order chi connectivity index (χ0) is 58.4. The maximum absolute atomic E-state index is 14.4. The predicted molar refractivity (Wildman–Crippen MR) is 317 cm³/mol. The first-order valence-corrected chi connectivity index (χ1v) is 30.9. The number of hydrogen-bond donors (Lipinski definition) is 9. The molecule has 2 aliphatic heterocycles. The summed E-state index contributed by atoms with van der Waals surface area (Å²) >= 11 is 7.42. The van der Waals surface area contributed by atoms with Crippen LogP contribution in [0.2, 0.25) is 0 Å². The van der Waals surface area contributed by atoms with E-state index in [1.807, 2.05) is 19.9 Å². The van der Waals surface area contributed by atoms with E-state index in [1.165, 1.54) is 71.3 Å². The van der Waals surface area contributed by atoms with E-state index in [1.54, 1.807) is 76.8 Å². The molecule has 1 aromatic carbocycles. The van der Waals surface area contributed by atoms with Gasteiger partial charge in [0, 0.05) is 70.5 Å². The number of likely N-dealkylation sites (N-methyl/N-ethyl adjacent to an activating group) is 1. The van der Waals surface area contributed by atoms with Gasteiger partial charge in [-0.25, -0.2) is 29.9 Å². The minimum absolute atomic E-state index is 0.0353. The van der Waals surface area contributed by atoms with Crippen molar-refractivity contribution in [2.45, 2.75) is 75.7 Å². The maximum Gasteiger partial charge on any atom is 0.271 e. The van der Waals surface area contributed by atoms with Gasteiger partial charge < -0.3 is 57.5 Å². The van der Waals surface area contributed by atoms with Crippen LogP contribution in [0.4, 0.5) is 5.82 Å². The Kier molecular flexibility index (Phi) is 19.3. The second-order valence-electron chi connectivity index (χ2n) is 19.3. The van der Waals surface area contributed by atoms with Crippen molar-refractivity contribution < 1.29 is 43.7 Å². The lowest BCUT2D eigenvalue weighted by atomic mass is 10.0. The molecule has 10 N–H and O–H groups in total. The fraction of sp³-hybridized carbons (Fsp3) is 0.358. The monoisotopic (exact) mass is 1230 g/mol. The van der Waals surface area contributed by atoms with E-state index in [0.717, 1.165) is 11.3 Å². The molecule has 6 amide bonds. The smallest absolute Gasteiger partial charge is 0.271 e. The van der Waals surface area contributed by atoms with Gasteiger partial charge in [0.1, 0.15) is 77.2 Å². The van der Waals surface area contributed by atoms with Crippen LogP contribution in [0.15, 0.2) is 74.6 Å². The van der Waals surface area contributed by atoms with Crippen LogP contribution in [0.3, 0.4) is 0 Å². The van der Waals surface area contributed by atoms with Gasteiger partial charge in [-0.05, 0) is 37.0 Å². The average Bonchev–Trinajstić information content (AvgIpc) is 4.26. The molecule has 0 spiro atoms. The van der Waals surface area contributed by atoms with E-state index >= 15 is 0 Å². The van der Waals surface area contributed by atoms with E-state index in [4.69, 9.17) is 35.4 Å². The summed E-state index contributed by atoms with van der Waals surface area (Å²) in [6, 6.07) is 9.20. The number of hydrogen-bond acceptors (Lipinski definition) is 23. The molecule has 23 nitrogen and oxygen atoms in total. The predicted octanol–water partition coefficient (Wildman–Crippen LogP) is 5.62. The molecule has 9 rings (SSSR count).